The predicted molar refractivity (Wildman–Crippen MR) is 425 cm³/mol. The molecule has 15 aromatic carbocycles. The lowest BCUT2D eigenvalue weighted by atomic mass is 10.0. The first-order valence-corrected chi connectivity index (χ1v) is 35.6. The van der Waals surface area contributed by atoms with Gasteiger partial charge in [-0.3, -0.25) is 0 Å². The summed E-state index contributed by atoms with van der Waals surface area (Å²) >= 11 is 5.62. The molecule has 4 aromatic heterocycles. The van der Waals surface area contributed by atoms with Gasteiger partial charge in [0.05, 0.1) is 5.69 Å². The third kappa shape index (κ3) is 10.5. The van der Waals surface area contributed by atoms with Crippen LogP contribution >= 0.6 is 34.0 Å². The van der Waals surface area contributed by atoms with E-state index in [-0.39, 0.29) is 0 Å². The Labute approximate surface area is 580 Å². The van der Waals surface area contributed by atoms with Crippen molar-refractivity contribution in [1.82, 2.24) is 0 Å². The Morgan fingerprint density at radius 1 is 0.214 bits per heavy atom. The van der Waals surface area contributed by atoms with Gasteiger partial charge in [-0.05, 0) is 195 Å². The first kappa shape index (κ1) is 58.8. The molecular formula is C90H62N4OS3. The molecule has 8 heteroatoms. The maximum Gasteiger partial charge on any atom is 0.135 e. The molecule has 0 amide bonds. The number of benzene rings is 15. The SMILES string of the molecule is Cc1cc(N(c2ccccc2)c2cc3c4ccccc4sc3c3ccccc23)cc2sc3ccc(N(c4ccccc4)c4ccccc4)cc3c12.Cc1cc(N(c2ccccc2)c2ccc3oc4ccccc4c3c2)cc2sc3ccc(N(c4ccccc4)c4ccccc4)cc3c12. The van der Waals surface area contributed by atoms with Gasteiger partial charge in [0, 0.05) is 145 Å². The third-order valence-electron chi connectivity index (χ3n) is 18.8. The van der Waals surface area contributed by atoms with Crippen LogP contribution in [0.25, 0.3) is 93.2 Å². The monoisotopic (exact) mass is 1310 g/mol. The summed E-state index contributed by atoms with van der Waals surface area (Å²) in [6, 6.07) is 122. The summed E-state index contributed by atoms with van der Waals surface area (Å²) < 4.78 is 14.0. The lowest BCUT2D eigenvalue weighted by Gasteiger charge is -2.28. The zero-order valence-corrected chi connectivity index (χ0v) is 56.2. The van der Waals surface area contributed by atoms with Crippen LogP contribution in [0.1, 0.15) is 11.1 Å². The summed E-state index contributed by atoms with van der Waals surface area (Å²) in [4.78, 5) is 9.50. The van der Waals surface area contributed by atoms with Gasteiger partial charge in [0.15, 0.2) is 0 Å². The van der Waals surface area contributed by atoms with Crippen LogP contribution < -0.4 is 19.6 Å². The molecule has 19 aromatic rings. The van der Waals surface area contributed by atoms with Crippen LogP contribution in [0.2, 0.25) is 0 Å². The van der Waals surface area contributed by atoms with Crippen LogP contribution in [0.5, 0.6) is 0 Å². The molecule has 0 N–H and O–H groups in total. The second-order valence-corrected chi connectivity index (χ2v) is 28.1. The van der Waals surface area contributed by atoms with E-state index in [1.165, 1.54) is 88.1 Å². The molecule has 0 saturated carbocycles. The maximum absolute atomic E-state index is 6.17. The van der Waals surface area contributed by atoms with E-state index in [4.69, 9.17) is 4.42 Å². The Morgan fingerprint density at radius 3 is 1.06 bits per heavy atom. The number of anilines is 12. The van der Waals surface area contributed by atoms with Gasteiger partial charge in [-0.2, -0.15) is 0 Å². The molecule has 5 nitrogen and oxygen atoms in total. The summed E-state index contributed by atoms with van der Waals surface area (Å²) in [6.07, 6.45) is 0. The summed E-state index contributed by atoms with van der Waals surface area (Å²) in [7, 11) is 0. The Kier molecular flexibility index (Phi) is 14.9. The van der Waals surface area contributed by atoms with Gasteiger partial charge in [-0.15, -0.1) is 34.0 Å². The quantitative estimate of drug-likeness (QED) is 0.121. The Hall–Kier alpha value is -11.8. The molecule has 0 spiro atoms. The molecule has 0 atom stereocenters. The lowest BCUT2D eigenvalue weighted by molar-refractivity contribution is 0.669. The molecule has 466 valence electrons. The lowest BCUT2D eigenvalue weighted by Crippen LogP contribution is -2.10. The summed E-state index contributed by atoms with van der Waals surface area (Å²) in [5.41, 5.74) is 18.0. The maximum atomic E-state index is 6.17. The Balaban J connectivity index is 0.000000143. The van der Waals surface area contributed by atoms with Crippen molar-refractivity contribution in [2.24, 2.45) is 0 Å². The Bertz CT molecular complexity index is 6090. The largest absolute Gasteiger partial charge is 0.456 e. The first-order chi connectivity index (χ1) is 48.4. The van der Waals surface area contributed by atoms with E-state index < -0.39 is 0 Å². The second-order valence-electron chi connectivity index (χ2n) is 24.9. The van der Waals surface area contributed by atoms with Gasteiger partial charge in [-0.1, -0.05) is 170 Å². The number of fused-ring (bicyclic) bond motifs is 14. The molecule has 0 saturated heterocycles. The standard InChI is InChI=1S/C47H32N2S2.C43H30N2OS/c1-31-27-36(29-45-46(31)41-28-35(25-26-44(41)50-45)48(32-15-5-2-6-16-32)33-17-7-3-8-18-33)49(34-19-9-4-10-20-34)42-30-40-38-22-13-14-24-43(38)51-47(40)39-23-12-11-21-37(39)42;1-29-25-35(45(32-17-9-4-10-18-32)33-21-23-40-37(26-33)36-19-11-12-20-39(36)46-40)28-42-43(29)38-27-34(22-24-41(38)47-42)44(30-13-5-2-6-14-30)31-15-7-3-8-16-31/h2-30H,1H3;2-28H,1H3. The average Bonchev–Trinajstić information content (AvgIpc) is 1.51. The number of furan rings is 1. The van der Waals surface area contributed by atoms with Crippen molar-refractivity contribution >= 4 is 195 Å². The fourth-order valence-corrected chi connectivity index (χ4v) is 18.1. The fourth-order valence-electron chi connectivity index (χ4n) is 14.5. The first-order valence-electron chi connectivity index (χ1n) is 33.1. The topological polar surface area (TPSA) is 26.1 Å². The molecule has 0 aliphatic heterocycles. The van der Waals surface area contributed by atoms with Gasteiger partial charge in [0.1, 0.15) is 11.2 Å². The van der Waals surface area contributed by atoms with Crippen molar-refractivity contribution in [3.63, 3.8) is 0 Å². The average molecular weight is 1310 g/mol. The fraction of sp³-hybridized carbons (Fsp3) is 0.0222. The highest BCUT2D eigenvalue weighted by molar-refractivity contribution is 7.27. The second kappa shape index (κ2) is 24.8. The van der Waals surface area contributed by atoms with Crippen LogP contribution in [0, 0.1) is 13.8 Å². The molecule has 0 aliphatic rings. The van der Waals surface area contributed by atoms with E-state index in [9.17, 15) is 0 Å². The number of thiophene rings is 3. The smallest absolute Gasteiger partial charge is 0.135 e. The van der Waals surface area contributed by atoms with Crippen LogP contribution in [0.15, 0.2) is 344 Å². The summed E-state index contributed by atoms with van der Waals surface area (Å²) in [6.45, 7) is 4.51. The van der Waals surface area contributed by atoms with Crippen LogP contribution in [0.3, 0.4) is 0 Å². The van der Waals surface area contributed by atoms with E-state index in [1.807, 2.05) is 46.1 Å². The van der Waals surface area contributed by atoms with Crippen LogP contribution in [0.4, 0.5) is 68.2 Å². The highest BCUT2D eigenvalue weighted by Gasteiger charge is 2.24. The molecule has 0 fully saturated rings. The number of hydrogen-bond acceptors (Lipinski definition) is 8. The molecule has 0 radical (unpaired) electrons. The molecule has 0 aliphatic carbocycles. The normalized spacial score (nSPS) is 11.6. The number of para-hydroxylation sites is 7. The van der Waals surface area contributed by atoms with Crippen molar-refractivity contribution in [3.05, 3.63) is 351 Å². The predicted octanol–water partition coefficient (Wildman–Crippen LogP) is 28.0. The van der Waals surface area contributed by atoms with Gasteiger partial charge < -0.3 is 24.0 Å². The third-order valence-corrected chi connectivity index (χ3v) is 22.3. The molecule has 0 bridgehead atoms. The van der Waals surface area contributed by atoms with Crippen LogP contribution in [-0.2, 0) is 0 Å². The van der Waals surface area contributed by atoms with Crippen molar-refractivity contribution in [1.29, 1.82) is 0 Å². The van der Waals surface area contributed by atoms with Crippen molar-refractivity contribution in [3.8, 4) is 0 Å². The highest BCUT2D eigenvalue weighted by Crippen LogP contribution is 2.51. The highest BCUT2D eigenvalue weighted by atomic mass is 32.1. The summed E-state index contributed by atoms with van der Waals surface area (Å²) in [5, 5.41) is 12.6. The van der Waals surface area contributed by atoms with E-state index in [2.05, 4.69) is 361 Å². The zero-order chi connectivity index (χ0) is 65.2. The van der Waals surface area contributed by atoms with Gasteiger partial charge in [0.25, 0.3) is 0 Å². The number of hydrogen-bond donors (Lipinski definition) is 0. The molecule has 4 heterocycles. The van der Waals surface area contributed by atoms with E-state index in [0.717, 1.165) is 84.5 Å². The minimum absolute atomic E-state index is 0.898. The zero-order valence-electron chi connectivity index (χ0n) is 53.8. The van der Waals surface area contributed by atoms with Gasteiger partial charge in [-0.25, -0.2) is 0 Å². The Morgan fingerprint density at radius 2 is 0.571 bits per heavy atom. The summed E-state index contributed by atoms with van der Waals surface area (Å²) in [5.74, 6) is 0. The van der Waals surface area contributed by atoms with Crippen LogP contribution in [-0.4, -0.2) is 0 Å². The molecule has 19 rings (SSSR count). The minimum Gasteiger partial charge on any atom is -0.456 e. The molecule has 98 heavy (non-hydrogen) atoms. The van der Waals surface area contributed by atoms with Gasteiger partial charge >= 0.3 is 0 Å². The van der Waals surface area contributed by atoms with E-state index in [0.29, 0.717) is 0 Å². The van der Waals surface area contributed by atoms with Gasteiger partial charge in [0.2, 0.25) is 0 Å². The number of nitrogens with zero attached hydrogens (tertiary/aromatic N) is 4. The number of aryl methyl sites for hydroxylation is 2. The van der Waals surface area contributed by atoms with E-state index >= 15 is 0 Å². The van der Waals surface area contributed by atoms with Crippen molar-refractivity contribution in [2.75, 3.05) is 19.6 Å². The minimum atomic E-state index is 0.898. The molecule has 0 unspecified atom stereocenters. The van der Waals surface area contributed by atoms with Crippen molar-refractivity contribution in [2.45, 2.75) is 13.8 Å². The van der Waals surface area contributed by atoms with Crippen molar-refractivity contribution < 1.29 is 4.42 Å². The molecular weight excluding hydrogens is 1250 g/mol. The van der Waals surface area contributed by atoms with E-state index in [1.54, 1.807) is 0 Å². The number of rotatable bonds is 12.